The highest BCUT2D eigenvalue weighted by Gasteiger charge is 2.16. The maximum absolute atomic E-state index is 12.7. The average Bonchev–Trinajstić information content (AvgIpc) is 2.91. The number of allylic oxidation sites excluding steroid dienone is 1. The molecule has 0 aliphatic heterocycles. The number of aryl methyl sites for hydroxylation is 1. The third-order valence-corrected chi connectivity index (χ3v) is 6.80. The summed E-state index contributed by atoms with van der Waals surface area (Å²) in [6.07, 6.45) is 1.65. The molecule has 1 heterocycles. The number of halogens is 2. The Morgan fingerprint density at radius 2 is 1.80 bits per heavy atom. The molecule has 3 aromatic rings. The molecule has 0 aliphatic rings. The Morgan fingerprint density at radius 3 is 2.44 bits per heavy atom. The zero-order chi connectivity index (χ0) is 18.2. The molecule has 0 saturated carbocycles. The van der Waals surface area contributed by atoms with E-state index in [1.807, 2.05) is 6.92 Å². The van der Waals surface area contributed by atoms with Crippen LogP contribution < -0.4 is 4.80 Å². The smallest absolute Gasteiger partial charge is 0.285 e. The molecule has 0 unspecified atom stereocenters. The molecule has 0 amide bonds. The van der Waals surface area contributed by atoms with Crippen LogP contribution in [-0.4, -0.2) is 13.0 Å². The van der Waals surface area contributed by atoms with E-state index in [-0.39, 0.29) is 4.90 Å². The van der Waals surface area contributed by atoms with Crippen molar-refractivity contribution >= 4 is 54.8 Å². The minimum absolute atomic E-state index is 0.137. The molecule has 0 saturated heterocycles. The van der Waals surface area contributed by atoms with Crippen LogP contribution in [0.4, 0.5) is 0 Å². The first-order valence-electron chi connectivity index (χ1n) is 7.29. The van der Waals surface area contributed by atoms with E-state index in [0.29, 0.717) is 31.6 Å². The molecular formula is C17H14Cl2N2O2S2. The molecular weight excluding hydrogens is 399 g/mol. The Morgan fingerprint density at radius 1 is 1.16 bits per heavy atom. The van der Waals surface area contributed by atoms with Gasteiger partial charge in [0.1, 0.15) is 0 Å². The van der Waals surface area contributed by atoms with Gasteiger partial charge < -0.3 is 4.57 Å². The maximum atomic E-state index is 12.7. The van der Waals surface area contributed by atoms with E-state index in [1.165, 1.54) is 11.3 Å². The summed E-state index contributed by atoms with van der Waals surface area (Å²) in [5.41, 5.74) is 1.62. The van der Waals surface area contributed by atoms with Gasteiger partial charge in [-0.25, -0.2) is 0 Å². The molecule has 0 atom stereocenters. The SMILES string of the molecule is C=CCn1/c(=N/S(=O)(=O)c2ccc(C)cc2)sc2c(Cl)ccc(Cl)c21. The number of hydrogen-bond acceptors (Lipinski definition) is 3. The van der Waals surface area contributed by atoms with Crippen molar-refractivity contribution in [3.63, 3.8) is 0 Å². The topological polar surface area (TPSA) is 51.4 Å². The lowest BCUT2D eigenvalue weighted by Gasteiger charge is -2.04. The largest absolute Gasteiger partial charge is 0.311 e. The minimum Gasteiger partial charge on any atom is -0.311 e. The highest BCUT2D eigenvalue weighted by Crippen LogP contribution is 2.32. The monoisotopic (exact) mass is 412 g/mol. The van der Waals surface area contributed by atoms with Crippen LogP contribution in [0.25, 0.3) is 10.2 Å². The highest BCUT2D eigenvalue weighted by molar-refractivity contribution is 7.90. The number of fused-ring (bicyclic) bond motifs is 1. The normalized spacial score (nSPS) is 12.7. The van der Waals surface area contributed by atoms with Gasteiger partial charge in [0.2, 0.25) is 4.80 Å². The Hall–Kier alpha value is -1.60. The zero-order valence-electron chi connectivity index (χ0n) is 13.2. The van der Waals surface area contributed by atoms with Crippen molar-refractivity contribution in [2.24, 2.45) is 4.40 Å². The second-order valence-electron chi connectivity index (χ2n) is 5.37. The molecule has 0 spiro atoms. The van der Waals surface area contributed by atoms with Gasteiger partial charge in [0, 0.05) is 6.54 Å². The predicted octanol–water partition coefficient (Wildman–Crippen LogP) is 4.79. The quantitative estimate of drug-likeness (QED) is 0.578. The maximum Gasteiger partial charge on any atom is 0.285 e. The Bertz CT molecular complexity index is 1130. The van der Waals surface area contributed by atoms with Crippen molar-refractivity contribution in [2.45, 2.75) is 18.4 Å². The van der Waals surface area contributed by atoms with Crippen molar-refractivity contribution in [3.05, 3.63) is 69.5 Å². The van der Waals surface area contributed by atoms with Crippen molar-refractivity contribution in [3.8, 4) is 0 Å². The Kier molecular flexibility index (Phi) is 5.06. The van der Waals surface area contributed by atoms with Crippen molar-refractivity contribution < 1.29 is 8.42 Å². The third-order valence-electron chi connectivity index (χ3n) is 3.56. The molecule has 1 aromatic heterocycles. The lowest BCUT2D eigenvalue weighted by molar-refractivity contribution is 0.596. The van der Waals surface area contributed by atoms with Gasteiger partial charge in [-0.15, -0.1) is 11.0 Å². The highest BCUT2D eigenvalue weighted by atomic mass is 35.5. The van der Waals surface area contributed by atoms with E-state index >= 15 is 0 Å². The Labute approximate surface area is 159 Å². The van der Waals surface area contributed by atoms with Gasteiger partial charge in [0.15, 0.2) is 0 Å². The molecule has 0 fully saturated rings. The fraction of sp³-hybridized carbons (Fsp3) is 0.118. The summed E-state index contributed by atoms with van der Waals surface area (Å²) in [5, 5.41) is 0.975. The van der Waals surface area contributed by atoms with Crippen LogP contribution in [0, 0.1) is 6.92 Å². The first kappa shape index (κ1) is 18.2. The summed E-state index contributed by atoms with van der Waals surface area (Å²) in [4.78, 5) is 0.434. The van der Waals surface area contributed by atoms with E-state index in [0.717, 1.165) is 5.56 Å². The average molecular weight is 413 g/mol. The number of nitrogens with zero attached hydrogens (tertiary/aromatic N) is 2. The zero-order valence-corrected chi connectivity index (χ0v) is 16.4. The second kappa shape index (κ2) is 6.96. The first-order chi connectivity index (χ1) is 11.8. The van der Waals surface area contributed by atoms with Crippen LogP contribution in [0.5, 0.6) is 0 Å². The van der Waals surface area contributed by atoms with Gasteiger partial charge in [-0.2, -0.15) is 8.42 Å². The summed E-state index contributed by atoms with van der Waals surface area (Å²) in [6.45, 7) is 5.97. The first-order valence-corrected chi connectivity index (χ1v) is 10.3. The summed E-state index contributed by atoms with van der Waals surface area (Å²) in [5.74, 6) is 0. The van der Waals surface area contributed by atoms with E-state index in [4.69, 9.17) is 23.2 Å². The molecule has 2 aromatic carbocycles. The molecule has 4 nitrogen and oxygen atoms in total. The van der Waals surface area contributed by atoms with Gasteiger partial charge >= 0.3 is 0 Å². The second-order valence-corrected chi connectivity index (χ2v) is 8.77. The lowest BCUT2D eigenvalue weighted by Crippen LogP contribution is -2.16. The van der Waals surface area contributed by atoms with Crippen LogP contribution in [0.3, 0.4) is 0 Å². The minimum atomic E-state index is -3.85. The van der Waals surface area contributed by atoms with Gasteiger partial charge in [-0.3, -0.25) is 0 Å². The van der Waals surface area contributed by atoms with Crippen molar-refractivity contribution in [2.75, 3.05) is 0 Å². The molecule has 8 heteroatoms. The van der Waals surface area contributed by atoms with Crippen LogP contribution in [0.15, 0.2) is 58.3 Å². The predicted molar refractivity (Wildman–Crippen MR) is 104 cm³/mol. The molecule has 0 N–H and O–H groups in total. The van der Waals surface area contributed by atoms with Crippen LogP contribution in [-0.2, 0) is 16.6 Å². The van der Waals surface area contributed by atoms with Gasteiger partial charge in [-0.05, 0) is 31.2 Å². The molecule has 0 radical (unpaired) electrons. The summed E-state index contributed by atoms with van der Waals surface area (Å²) in [7, 11) is -3.85. The summed E-state index contributed by atoms with van der Waals surface area (Å²) in [6, 6.07) is 9.91. The summed E-state index contributed by atoms with van der Waals surface area (Å²) < 4.78 is 31.7. The number of sulfonamides is 1. The van der Waals surface area contributed by atoms with E-state index in [2.05, 4.69) is 11.0 Å². The molecule has 25 heavy (non-hydrogen) atoms. The van der Waals surface area contributed by atoms with Crippen LogP contribution >= 0.6 is 34.5 Å². The molecule has 3 rings (SSSR count). The number of aromatic nitrogens is 1. The third kappa shape index (κ3) is 3.53. The van der Waals surface area contributed by atoms with Crippen molar-refractivity contribution in [1.29, 1.82) is 0 Å². The van der Waals surface area contributed by atoms with Crippen LogP contribution in [0.1, 0.15) is 5.56 Å². The fourth-order valence-corrected chi connectivity index (χ4v) is 5.20. The molecule has 130 valence electrons. The lowest BCUT2D eigenvalue weighted by atomic mass is 10.2. The van der Waals surface area contributed by atoms with E-state index in [9.17, 15) is 8.42 Å². The standard InChI is InChI=1S/C17H14Cl2N2O2S2/c1-3-10-21-15-13(18)8-9-14(19)16(15)24-17(21)20-25(22,23)12-6-4-11(2)5-7-12/h3-9H,1,10H2,2H3/b20-17-. The van der Waals surface area contributed by atoms with Gasteiger partial charge in [-0.1, -0.05) is 58.3 Å². The number of thiazole rings is 1. The van der Waals surface area contributed by atoms with Crippen LogP contribution in [0.2, 0.25) is 10.0 Å². The van der Waals surface area contributed by atoms with E-state index in [1.54, 1.807) is 47.0 Å². The molecule has 0 bridgehead atoms. The summed E-state index contributed by atoms with van der Waals surface area (Å²) >= 11 is 13.7. The number of benzene rings is 2. The van der Waals surface area contributed by atoms with Gasteiger partial charge in [0.05, 0.1) is 25.2 Å². The Balaban J connectivity index is 2.30. The van der Waals surface area contributed by atoms with Crippen molar-refractivity contribution in [1.82, 2.24) is 4.57 Å². The number of rotatable bonds is 4. The fourth-order valence-electron chi connectivity index (χ4n) is 2.35. The molecule has 0 aliphatic carbocycles. The van der Waals surface area contributed by atoms with E-state index < -0.39 is 10.0 Å². The van der Waals surface area contributed by atoms with Gasteiger partial charge in [0.25, 0.3) is 10.0 Å². The number of hydrogen-bond donors (Lipinski definition) is 0.